The summed E-state index contributed by atoms with van der Waals surface area (Å²) in [7, 11) is 0. The summed E-state index contributed by atoms with van der Waals surface area (Å²) in [5, 5.41) is 0.877. The number of halogens is 2. The van der Waals surface area contributed by atoms with Crippen LogP contribution < -0.4 is 5.56 Å². The Morgan fingerprint density at radius 1 is 0.833 bits per heavy atom. The number of aromatic nitrogens is 4. The van der Waals surface area contributed by atoms with Crippen molar-refractivity contribution in [3.63, 3.8) is 0 Å². The van der Waals surface area contributed by atoms with Crippen molar-refractivity contribution < 1.29 is 8.78 Å². The van der Waals surface area contributed by atoms with Gasteiger partial charge in [-0.15, -0.1) is 0 Å². The van der Waals surface area contributed by atoms with Crippen LogP contribution in [0.4, 0.5) is 8.78 Å². The number of pyridine rings is 2. The summed E-state index contributed by atoms with van der Waals surface area (Å²) < 4.78 is 31.1. The zero-order valence-corrected chi connectivity index (χ0v) is 15.6. The fourth-order valence-electron chi connectivity index (χ4n) is 3.51. The maximum Gasteiger partial charge on any atom is 0.269 e. The summed E-state index contributed by atoms with van der Waals surface area (Å²) in [5.41, 5.74) is 2.17. The molecule has 2 aromatic carbocycles. The fraction of sp³-hybridized carbons (Fsp3) is 0.0435. The van der Waals surface area contributed by atoms with E-state index in [0.717, 1.165) is 17.1 Å². The Labute approximate surface area is 169 Å². The van der Waals surface area contributed by atoms with Crippen molar-refractivity contribution in [2.24, 2.45) is 0 Å². The van der Waals surface area contributed by atoms with Gasteiger partial charge in [-0.05, 0) is 47.5 Å². The van der Waals surface area contributed by atoms with Crippen LogP contribution in [0.2, 0.25) is 0 Å². The zero-order chi connectivity index (χ0) is 20.7. The summed E-state index contributed by atoms with van der Waals surface area (Å²) in [4.78, 5) is 24.6. The van der Waals surface area contributed by atoms with Crippen LogP contribution in [0.25, 0.3) is 33.1 Å². The SMILES string of the molecule is O=c1cnc2ccncc2n1Cc1c(F)cc(-c2ccc3ncccc3c2)cc1F. The van der Waals surface area contributed by atoms with E-state index in [0.29, 0.717) is 22.2 Å². The molecular weight excluding hydrogens is 386 g/mol. The van der Waals surface area contributed by atoms with Gasteiger partial charge in [-0.2, -0.15) is 0 Å². The average Bonchev–Trinajstić information content (AvgIpc) is 2.77. The number of hydrogen-bond donors (Lipinski definition) is 0. The molecule has 0 saturated heterocycles. The molecule has 0 spiro atoms. The molecule has 0 aliphatic rings. The number of rotatable bonds is 3. The molecule has 3 heterocycles. The summed E-state index contributed by atoms with van der Waals surface area (Å²) in [5.74, 6) is -1.45. The van der Waals surface area contributed by atoms with Crippen molar-refractivity contribution in [2.45, 2.75) is 6.54 Å². The van der Waals surface area contributed by atoms with Crippen molar-refractivity contribution >= 4 is 21.9 Å². The Morgan fingerprint density at radius 3 is 2.50 bits per heavy atom. The number of hydrogen-bond acceptors (Lipinski definition) is 4. The lowest BCUT2D eigenvalue weighted by molar-refractivity contribution is 0.545. The van der Waals surface area contributed by atoms with E-state index >= 15 is 0 Å². The second kappa shape index (κ2) is 7.11. The van der Waals surface area contributed by atoms with Crippen molar-refractivity contribution in [3.05, 3.63) is 101 Å². The maximum absolute atomic E-state index is 14.9. The summed E-state index contributed by atoms with van der Waals surface area (Å²) in [6, 6.07) is 13.3. The van der Waals surface area contributed by atoms with Gasteiger partial charge in [-0.1, -0.05) is 12.1 Å². The number of nitrogens with zero attached hydrogens (tertiary/aromatic N) is 4. The lowest BCUT2D eigenvalue weighted by Gasteiger charge is -2.12. The van der Waals surface area contributed by atoms with Gasteiger partial charge in [0.2, 0.25) is 0 Å². The highest BCUT2D eigenvalue weighted by molar-refractivity contribution is 5.84. The van der Waals surface area contributed by atoms with Gasteiger partial charge in [0.05, 0.1) is 35.5 Å². The van der Waals surface area contributed by atoms with Crippen LogP contribution in [-0.2, 0) is 6.54 Å². The lowest BCUT2D eigenvalue weighted by atomic mass is 10.0. The molecule has 0 amide bonds. The van der Waals surface area contributed by atoms with Gasteiger partial charge in [0, 0.05) is 23.3 Å². The molecule has 5 rings (SSSR count). The minimum Gasteiger partial charge on any atom is -0.299 e. The highest BCUT2D eigenvalue weighted by atomic mass is 19.1. The molecule has 0 saturated carbocycles. The third-order valence-electron chi connectivity index (χ3n) is 5.04. The molecule has 0 aliphatic carbocycles. The van der Waals surface area contributed by atoms with Gasteiger partial charge in [-0.3, -0.25) is 19.3 Å². The van der Waals surface area contributed by atoms with Crippen molar-refractivity contribution in [1.29, 1.82) is 0 Å². The van der Waals surface area contributed by atoms with Gasteiger partial charge in [0.15, 0.2) is 0 Å². The lowest BCUT2D eigenvalue weighted by Crippen LogP contribution is -2.22. The molecule has 0 radical (unpaired) electrons. The summed E-state index contributed by atoms with van der Waals surface area (Å²) in [6.07, 6.45) is 5.82. The van der Waals surface area contributed by atoms with E-state index in [1.165, 1.54) is 22.9 Å². The highest BCUT2D eigenvalue weighted by Gasteiger charge is 2.15. The van der Waals surface area contributed by atoms with Crippen LogP contribution in [0.3, 0.4) is 0 Å². The molecule has 0 atom stereocenters. The Kier molecular flexibility index (Phi) is 4.28. The first-order chi connectivity index (χ1) is 14.6. The molecule has 0 fully saturated rings. The van der Waals surface area contributed by atoms with Crippen LogP contribution in [0.5, 0.6) is 0 Å². The van der Waals surface area contributed by atoms with Gasteiger partial charge < -0.3 is 0 Å². The minimum absolute atomic E-state index is 0.195. The molecule has 30 heavy (non-hydrogen) atoms. The predicted octanol–water partition coefficient (Wildman–Crippen LogP) is 4.33. The molecule has 5 aromatic rings. The van der Waals surface area contributed by atoms with E-state index < -0.39 is 17.2 Å². The van der Waals surface area contributed by atoms with E-state index in [1.807, 2.05) is 24.3 Å². The Bertz CT molecular complexity index is 1460. The quantitative estimate of drug-likeness (QED) is 0.452. The molecule has 0 unspecified atom stereocenters. The zero-order valence-electron chi connectivity index (χ0n) is 15.6. The summed E-state index contributed by atoms with van der Waals surface area (Å²) in [6.45, 7) is -0.261. The van der Waals surface area contributed by atoms with Crippen LogP contribution in [0.1, 0.15) is 5.56 Å². The second-order valence-corrected chi connectivity index (χ2v) is 6.88. The van der Waals surface area contributed by atoms with E-state index in [4.69, 9.17) is 0 Å². The van der Waals surface area contributed by atoms with E-state index in [-0.39, 0.29) is 12.1 Å². The van der Waals surface area contributed by atoms with Gasteiger partial charge in [-0.25, -0.2) is 13.8 Å². The molecule has 3 aromatic heterocycles. The topological polar surface area (TPSA) is 60.7 Å². The molecule has 0 N–H and O–H groups in total. The van der Waals surface area contributed by atoms with Crippen LogP contribution in [-0.4, -0.2) is 19.5 Å². The van der Waals surface area contributed by atoms with E-state index in [2.05, 4.69) is 15.0 Å². The van der Waals surface area contributed by atoms with Crippen molar-refractivity contribution in [2.75, 3.05) is 0 Å². The average molecular weight is 400 g/mol. The van der Waals surface area contributed by atoms with E-state index in [1.54, 1.807) is 24.5 Å². The molecule has 0 bridgehead atoms. The second-order valence-electron chi connectivity index (χ2n) is 6.88. The fourth-order valence-corrected chi connectivity index (χ4v) is 3.51. The smallest absolute Gasteiger partial charge is 0.269 e. The van der Waals surface area contributed by atoms with Crippen LogP contribution in [0, 0.1) is 11.6 Å². The third-order valence-corrected chi connectivity index (χ3v) is 5.04. The number of benzene rings is 2. The highest BCUT2D eigenvalue weighted by Crippen LogP contribution is 2.27. The predicted molar refractivity (Wildman–Crippen MR) is 110 cm³/mol. The van der Waals surface area contributed by atoms with Crippen molar-refractivity contribution in [3.8, 4) is 11.1 Å². The van der Waals surface area contributed by atoms with Gasteiger partial charge >= 0.3 is 0 Å². The molecule has 5 nitrogen and oxygen atoms in total. The standard InChI is InChI=1S/C23H14F2N4O/c24-18-9-16(14-3-4-20-15(8-14)2-1-6-27-20)10-19(25)17(18)13-29-22-11-26-7-5-21(22)28-12-23(29)30/h1-12H,13H2. The largest absolute Gasteiger partial charge is 0.299 e. The Morgan fingerprint density at radius 2 is 1.67 bits per heavy atom. The third kappa shape index (κ3) is 3.10. The molecule has 7 heteroatoms. The Balaban J connectivity index is 1.58. The first-order valence-corrected chi connectivity index (χ1v) is 9.23. The van der Waals surface area contributed by atoms with Crippen molar-refractivity contribution in [1.82, 2.24) is 19.5 Å². The minimum atomic E-state index is -0.725. The van der Waals surface area contributed by atoms with Crippen LogP contribution >= 0.6 is 0 Å². The normalized spacial score (nSPS) is 11.3. The molecule has 0 aliphatic heterocycles. The molecule has 146 valence electrons. The first kappa shape index (κ1) is 18.1. The van der Waals surface area contributed by atoms with Crippen LogP contribution in [0.15, 0.2) is 78.1 Å². The van der Waals surface area contributed by atoms with E-state index in [9.17, 15) is 13.6 Å². The monoisotopic (exact) mass is 400 g/mol. The maximum atomic E-state index is 14.9. The summed E-state index contributed by atoms with van der Waals surface area (Å²) >= 11 is 0. The first-order valence-electron chi connectivity index (χ1n) is 9.23. The number of fused-ring (bicyclic) bond motifs is 2. The van der Waals surface area contributed by atoms with Gasteiger partial charge in [0.25, 0.3) is 5.56 Å². The van der Waals surface area contributed by atoms with Gasteiger partial charge in [0.1, 0.15) is 11.6 Å². The molecular formula is C23H14F2N4O. The Hall–Kier alpha value is -4.00.